The Balaban J connectivity index is 1.46. The molecule has 1 saturated carbocycles. The maximum Gasteiger partial charge on any atom is 0.213 e. The van der Waals surface area contributed by atoms with Crippen molar-refractivity contribution in [3.8, 4) is 5.88 Å². The van der Waals surface area contributed by atoms with Gasteiger partial charge in [0.15, 0.2) is 5.78 Å². The Morgan fingerprint density at radius 2 is 1.97 bits per heavy atom. The minimum absolute atomic E-state index is 0.0544. The molecule has 0 radical (unpaired) electrons. The second kappa shape index (κ2) is 9.76. The van der Waals surface area contributed by atoms with Crippen molar-refractivity contribution in [1.82, 2.24) is 10.3 Å². The number of piperidine rings is 1. The zero-order valence-electron chi connectivity index (χ0n) is 17.9. The number of Topliss-reactive ketones (excluding diaryl/α,β-unsaturated/α-hetero) is 1. The van der Waals surface area contributed by atoms with E-state index in [9.17, 15) is 9.90 Å². The van der Waals surface area contributed by atoms with Crippen LogP contribution in [0.5, 0.6) is 5.88 Å². The number of thiophene rings is 1. The van der Waals surface area contributed by atoms with Gasteiger partial charge < -0.3 is 9.84 Å². The molecule has 5 nitrogen and oxygen atoms in total. The van der Waals surface area contributed by atoms with Gasteiger partial charge in [0.1, 0.15) is 17.6 Å². The number of aromatic nitrogens is 1. The molecule has 1 aliphatic heterocycles. The lowest BCUT2D eigenvalue weighted by Crippen LogP contribution is -2.60. The van der Waals surface area contributed by atoms with Gasteiger partial charge in [-0.3, -0.25) is 10.1 Å². The summed E-state index contributed by atoms with van der Waals surface area (Å²) in [5.74, 6) is 0.506. The van der Waals surface area contributed by atoms with Gasteiger partial charge in [0.2, 0.25) is 5.88 Å². The Morgan fingerprint density at radius 3 is 2.70 bits per heavy atom. The van der Waals surface area contributed by atoms with Gasteiger partial charge in [-0.05, 0) is 66.3 Å². The average molecular weight is 501 g/mol. The maximum atomic E-state index is 13.4. The number of thioether (sulfide) groups is 1. The second-order valence-corrected chi connectivity index (χ2v) is 10.9. The molecule has 2 fully saturated rings. The van der Waals surface area contributed by atoms with Crippen LogP contribution in [0.3, 0.4) is 0 Å². The van der Waals surface area contributed by atoms with Crippen molar-refractivity contribution in [1.29, 1.82) is 0 Å². The van der Waals surface area contributed by atoms with Crippen molar-refractivity contribution in [3.63, 3.8) is 0 Å². The van der Waals surface area contributed by atoms with E-state index in [1.807, 2.05) is 53.2 Å². The molecular formula is C25H25ClN2O3S2. The van der Waals surface area contributed by atoms with Crippen LogP contribution in [0, 0.1) is 0 Å². The Bertz CT molecular complexity index is 1120. The molecule has 3 atom stereocenters. The molecule has 3 unspecified atom stereocenters. The van der Waals surface area contributed by atoms with Gasteiger partial charge in [-0.2, -0.15) is 11.3 Å². The molecule has 8 heteroatoms. The Hall–Kier alpha value is -1.90. The summed E-state index contributed by atoms with van der Waals surface area (Å²) in [5, 5.41) is 18.3. The van der Waals surface area contributed by atoms with Crippen molar-refractivity contribution in [2.24, 2.45) is 0 Å². The number of aliphatic hydroxyl groups is 1. The lowest BCUT2D eigenvalue weighted by Gasteiger charge is -2.42. The number of pyridine rings is 1. The molecule has 2 N–H and O–H groups in total. The molecule has 2 aromatic heterocycles. The number of hydrogen-bond acceptors (Lipinski definition) is 7. The average Bonchev–Trinajstić information content (AvgIpc) is 3.52. The standard InChI is InChI=1S/C25H25ClN2O3S2/c26-18-8-3-4-9-20(18)33-23-19(29)14-25(28-24(23)30,16-12-13-32-15-16)21-10-5-11-22(27-21)31-17-6-1-2-7-17/h3-5,8-13,15,17,23-24,28,30H,1-2,6-7,14H2. The number of nitrogens with zero attached hydrogens (tertiary/aromatic N) is 1. The topological polar surface area (TPSA) is 71.5 Å². The van der Waals surface area contributed by atoms with Crippen LogP contribution in [0.25, 0.3) is 0 Å². The summed E-state index contributed by atoms with van der Waals surface area (Å²) in [7, 11) is 0. The van der Waals surface area contributed by atoms with E-state index in [1.54, 1.807) is 17.4 Å². The Kier molecular flexibility index (Phi) is 6.77. The lowest BCUT2D eigenvalue weighted by molar-refractivity contribution is -0.125. The molecule has 172 valence electrons. The summed E-state index contributed by atoms with van der Waals surface area (Å²) in [5.41, 5.74) is 0.653. The largest absolute Gasteiger partial charge is 0.474 e. The number of aliphatic hydroxyl groups excluding tert-OH is 1. The first-order valence-corrected chi connectivity index (χ1v) is 13.3. The first kappa shape index (κ1) is 22.9. The van der Waals surface area contributed by atoms with Crippen LogP contribution in [-0.4, -0.2) is 33.5 Å². The minimum atomic E-state index is -1.08. The van der Waals surface area contributed by atoms with Crippen molar-refractivity contribution in [2.75, 3.05) is 0 Å². The van der Waals surface area contributed by atoms with Crippen molar-refractivity contribution >= 4 is 40.5 Å². The highest BCUT2D eigenvalue weighted by Crippen LogP contribution is 2.42. The normalized spacial score (nSPS) is 25.9. The van der Waals surface area contributed by atoms with Gasteiger partial charge in [0.25, 0.3) is 0 Å². The van der Waals surface area contributed by atoms with E-state index < -0.39 is 17.0 Å². The third kappa shape index (κ3) is 4.70. The number of benzene rings is 1. The van der Waals surface area contributed by atoms with Crippen LogP contribution in [0.4, 0.5) is 0 Å². The summed E-state index contributed by atoms with van der Waals surface area (Å²) in [6.07, 6.45) is 3.71. The van der Waals surface area contributed by atoms with E-state index in [0.29, 0.717) is 16.6 Å². The molecule has 5 rings (SSSR count). The highest BCUT2D eigenvalue weighted by atomic mass is 35.5. The number of ether oxygens (including phenoxy) is 1. The zero-order valence-corrected chi connectivity index (χ0v) is 20.3. The molecule has 0 spiro atoms. The predicted molar refractivity (Wildman–Crippen MR) is 132 cm³/mol. The van der Waals surface area contributed by atoms with E-state index in [2.05, 4.69) is 5.32 Å². The Morgan fingerprint density at radius 1 is 1.15 bits per heavy atom. The lowest BCUT2D eigenvalue weighted by atomic mass is 9.79. The number of hydrogen-bond donors (Lipinski definition) is 2. The molecular weight excluding hydrogens is 476 g/mol. The van der Waals surface area contributed by atoms with Gasteiger partial charge in [-0.25, -0.2) is 4.98 Å². The smallest absolute Gasteiger partial charge is 0.213 e. The fourth-order valence-corrected chi connectivity index (χ4v) is 6.65. The van der Waals surface area contributed by atoms with Gasteiger partial charge in [-0.1, -0.05) is 29.8 Å². The van der Waals surface area contributed by atoms with Gasteiger partial charge >= 0.3 is 0 Å². The number of rotatable bonds is 6. The summed E-state index contributed by atoms with van der Waals surface area (Å²) in [4.78, 5) is 19.0. The van der Waals surface area contributed by atoms with Crippen LogP contribution in [-0.2, 0) is 10.3 Å². The quantitative estimate of drug-likeness (QED) is 0.472. The third-order valence-electron chi connectivity index (χ3n) is 6.29. The zero-order chi connectivity index (χ0) is 22.8. The summed E-state index contributed by atoms with van der Waals surface area (Å²) < 4.78 is 6.13. The number of halogens is 1. The third-order valence-corrected chi connectivity index (χ3v) is 8.80. The number of carbonyl (C=O) groups excluding carboxylic acids is 1. The molecule has 2 aliphatic rings. The fraction of sp³-hybridized carbons (Fsp3) is 0.360. The first-order chi connectivity index (χ1) is 16.0. The first-order valence-electron chi connectivity index (χ1n) is 11.1. The van der Waals surface area contributed by atoms with E-state index in [-0.39, 0.29) is 18.3 Å². The molecule has 0 amide bonds. The van der Waals surface area contributed by atoms with Crippen LogP contribution >= 0.6 is 34.7 Å². The van der Waals surface area contributed by atoms with Crippen LogP contribution in [0.15, 0.2) is 64.2 Å². The van der Waals surface area contributed by atoms with Crippen LogP contribution in [0.1, 0.15) is 43.4 Å². The van der Waals surface area contributed by atoms with Crippen LogP contribution in [0.2, 0.25) is 5.02 Å². The van der Waals surface area contributed by atoms with Crippen molar-refractivity contribution in [3.05, 3.63) is 75.6 Å². The molecule has 1 aromatic carbocycles. The Labute approximate surface area is 206 Å². The molecule has 0 bridgehead atoms. The summed E-state index contributed by atoms with van der Waals surface area (Å²) in [6.45, 7) is 0. The number of carbonyl (C=O) groups is 1. The second-order valence-electron chi connectivity index (χ2n) is 8.50. The predicted octanol–water partition coefficient (Wildman–Crippen LogP) is 5.40. The highest BCUT2D eigenvalue weighted by Gasteiger charge is 2.48. The highest BCUT2D eigenvalue weighted by molar-refractivity contribution is 8.00. The number of nitrogens with one attached hydrogen (secondary N) is 1. The van der Waals surface area contributed by atoms with Gasteiger partial charge in [-0.15, -0.1) is 11.8 Å². The molecule has 33 heavy (non-hydrogen) atoms. The van der Waals surface area contributed by atoms with Gasteiger partial charge in [0.05, 0.1) is 16.3 Å². The molecule has 1 saturated heterocycles. The SMILES string of the molecule is O=C1CC(c2ccsc2)(c2cccc(OC3CCCC3)n2)NC(O)C1Sc1ccccc1Cl. The fourth-order valence-electron chi connectivity index (χ4n) is 4.62. The summed E-state index contributed by atoms with van der Waals surface area (Å²) >= 11 is 9.14. The van der Waals surface area contributed by atoms with E-state index in [0.717, 1.165) is 23.3 Å². The van der Waals surface area contributed by atoms with E-state index in [1.165, 1.54) is 24.6 Å². The van der Waals surface area contributed by atoms with Crippen LogP contribution < -0.4 is 10.1 Å². The molecule has 1 aliphatic carbocycles. The molecule has 3 aromatic rings. The van der Waals surface area contributed by atoms with E-state index >= 15 is 0 Å². The summed E-state index contributed by atoms with van der Waals surface area (Å²) in [6, 6.07) is 15.0. The monoisotopic (exact) mass is 500 g/mol. The van der Waals surface area contributed by atoms with Gasteiger partial charge in [0, 0.05) is 17.4 Å². The number of ketones is 1. The van der Waals surface area contributed by atoms with Crippen molar-refractivity contribution < 1.29 is 14.6 Å². The minimum Gasteiger partial charge on any atom is -0.474 e. The van der Waals surface area contributed by atoms with Crippen molar-refractivity contribution in [2.45, 2.75) is 60.1 Å². The maximum absolute atomic E-state index is 13.4. The molecule has 3 heterocycles. The van der Waals surface area contributed by atoms with E-state index in [4.69, 9.17) is 21.3 Å².